The first-order chi connectivity index (χ1) is 7.37. The summed E-state index contributed by atoms with van der Waals surface area (Å²) in [6, 6.07) is 0. The highest BCUT2D eigenvalue weighted by atomic mass is 16.6. The molecule has 1 rings (SSSR count). The largest absolute Gasteiger partial charge is 0.444 e. The van der Waals surface area contributed by atoms with Gasteiger partial charge in [-0.3, -0.25) is 0 Å². The average molecular weight is 231 g/mol. The number of ether oxygens (including phenoxy) is 2. The number of aliphatic hydroxyl groups is 1. The molecule has 0 aromatic heterocycles. The second-order valence-corrected chi connectivity index (χ2v) is 5.18. The topological polar surface area (TPSA) is 67.8 Å². The maximum absolute atomic E-state index is 11.6. The second kappa shape index (κ2) is 5.01. The summed E-state index contributed by atoms with van der Waals surface area (Å²) in [5.41, 5.74) is -0.971. The Balaban J connectivity index is 2.52. The van der Waals surface area contributed by atoms with Crippen LogP contribution in [-0.2, 0) is 9.47 Å². The van der Waals surface area contributed by atoms with Gasteiger partial charge in [-0.25, -0.2) is 4.79 Å². The summed E-state index contributed by atoms with van der Waals surface area (Å²) in [4.78, 5) is 11.6. The molecule has 0 saturated carbocycles. The lowest BCUT2D eigenvalue weighted by Gasteiger charge is -2.29. The number of nitrogens with one attached hydrogen (secondary N) is 1. The molecule has 16 heavy (non-hydrogen) atoms. The smallest absolute Gasteiger partial charge is 0.408 e. The molecule has 1 saturated heterocycles. The summed E-state index contributed by atoms with van der Waals surface area (Å²) in [6.45, 7) is 6.52. The van der Waals surface area contributed by atoms with Gasteiger partial charge in [0.05, 0.1) is 12.1 Å². The minimum Gasteiger partial charge on any atom is -0.444 e. The zero-order chi connectivity index (χ0) is 12.2. The van der Waals surface area contributed by atoms with Crippen molar-refractivity contribution >= 4 is 6.09 Å². The van der Waals surface area contributed by atoms with Gasteiger partial charge in [0.2, 0.25) is 0 Å². The van der Waals surface area contributed by atoms with Crippen molar-refractivity contribution in [1.29, 1.82) is 0 Å². The molecule has 0 spiro atoms. The molecule has 1 heterocycles. The maximum Gasteiger partial charge on any atom is 0.408 e. The van der Waals surface area contributed by atoms with Crippen molar-refractivity contribution in [1.82, 2.24) is 5.32 Å². The highest BCUT2D eigenvalue weighted by molar-refractivity contribution is 5.68. The van der Waals surface area contributed by atoms with Crippen molar-refractivity contribution in [3.05, 3.63) is 0 Å². The van der Waals surface area contributed by atoms with E-state index in [9.17, 15) is 4.79 Å². The summed E-state index contributed by atoms with van der Waals surface area (Å²) in [7, 11) is 0. The third-order valence-corrected chi connectivity index (χ3v) is 2.46. The molecule has 0 aromatic rings. The molecular weight excluding hydrogens is 210 g/mol. The Morgan fingerprint density at radius 3 is 2.69 bits per heavy atom. The van der Waals surface area contributed by atoms with E-state index >= 15 is 0 Å². The van der Waals surface area contributed by atoms with Gasteiger partial charge < -0.3 is 19.9 Å². The number of alkyl carbamates (subject to hydrolysis) is 1. The van der Waals surface area contributed by atoms with Crippen molar-refractivity contribution in [3.63, 3.8) is 0 Å². The Morgan fingerprint density at radius 1 is 1.56 bits per heavy atom. The molecule has 0 aliphatic carbocycles. The quantitative estimate of drug-likeness (QED) is 0.762. The minimum absolute atomic E-state index is 0.0269. The van der Waals surface area contributed by atoms with Crippen LogP contribution in [0.1, 0.15) is 33.6 Å². The van der Waals surface area contributed by atoms with Gasteiger partial charge in [-0.05, 0) is 33.6 Å². The predicted molar refractivity (Wildman–Crippen MR) is 59.2 cm³/mol. The molecule has 5 heteroatoms. The molecular formula is C11H21NO4. The van der Waals surface area contributed by atoms with E-state index in [0.717, 1.165) is 0 Å². The zero-order valence-electron chi connectivity index (χ0n) is 10.2. The van der Waals surface area contributed by atoms with Crippen LogP contribution in [0.25, 0.3) is 0 Å². The van der Waals surface area contributed by atoms with E-state index in [1.807, 2.05) is 20.8 Å². The molecule has 0 bridgehead atoms. The third kappa shape index (κ3) is 3.98. The van der Waals surface area contributed by atoms with E-state index in [4.69, 9.17) is 14.6 Å². The Morgan fingerprint density at radius 2 is 2.25 bits per heavy atom. The van der Waals surface area contributed by atoms with Crippen LogP contribution >= 0.6 is 0 Å². The van der Waals surface area contributed by atoms with Gasteiger partial charge in [0.1, 0.15) is 5.60 Å². The highest BCUT2D eigenvalue weighted by Gasteiger charge is 2.37. The molecule has 1 atom stereocenters. The number of rotatable bonds is 3. The SMILES string of the molecule is CC(C)(C)OC(=O)NC1(CCO)CCOC1. The highest BCUT2D eigenvalue weighted by Crippen LogP contribution is 2.23. The van der Waals surface area contributed by atoms with Crippen LogP contribution in [0, 0.1) is 0 Å². The summed E-state index contributed by atoms with van der Waals surface area (Å²) in [5.74, 6) is 0. The molecule has 0 radical (unpaired) electrons. The van der Waals surface area contributed by atoms with Crippen LogP contribution in [0.4, 0.5) is 4.79 Å². The van der Waals surface area contributed by atoms with Crippen molar-refractivity contribution in [2.45, 2.75) is 44.8 Å². The lowest BCUT2D eigenvalue weighted by atomic mass is 9.95. The fraction of sp³-hybridized carbons (Fsp3) is 0.909. The lowest BCUT2D eigenvalue weighted by Crippen LogP contribution is -2.51. The number of hydrogen-bond donors (Lipinski definition) is 2. The van der Waals surface area contributed by atoms with Crippen LogP contribution in [0.3, 0.4) is 0 Å². The standard InChI is InChI=1S/C11H21NO4/c1-10(2,3)16-9(14)12-11(4-6-13)5-7-15-8-11/h13H,4-8H2,1-3H3,(H,12,14). The van der Waals surface area contributed by atoms with Crippen LogP contribution in [0.2, 0.25) is 0 Å². The van der Waals surface area contributed by atoms with E-state index in [2.05, 4.69) is 5.32 Å². The fourth-order valence-corrected chi connectivity index (χ4v) is 1.70. The zero-order valence-corrected chi connectivity index (χ0v) is 10.2. The summed E-state index contributed by atoms with van der Waals surface area (Å²) in [5, 5.41) is 11.8. The van der Waals surface area contributed by atoms with E-state index in [1.165, 1.54) is 0 Å². The summed E-state index contributed by atoms with van der Waals surface area (Å²) >= 11 is 0. The lowest BCUT2D eigenvalue weighted by molar-refractivity contribution is 0.0419. The molecule has 1 fully saturated rings. The molecule has 94 valence electrons. The van der Waals surface area contributed by atoms with Gasteiger partial charge >= 0.3 is 6.09 Å². The van der Waals surface area contributed by atoms with Crippen LogP contribution in [-0.4, -0.2) is 42.2 Å². The van der Waals surface area contributed by atoms with Crippen molar-refractivity contribution < 1.29 is 19.4 Å². The van der Waals surface area contributed by atoms with Gasteiger partial charge in [0.15, 0.2) is 0 Å². The first-order valence-corrected chi connectivity index (χ1v) is 5.57. The van der Waals surface area contributed by atoms with E-state index in [1.54, 1.807) is 0 Å². The fourth-order valence-electron chi connectivity index (χ4n) is 1.70. The Bertz CT molecular complexity index is 241. The number of aliphatic hydroxyl groups excluding tert-OH is 1. The molecule has 1 aliphatic rings. The second-order valence-electron chi connectivity index (χ2n) is 5.18. The Labute approximate surface area is 96.1 Å². The predicted octanol–water partition coefficient (Wildman–Crippen LogP) is 1.05. The van der Waals surface area contributed by atoms with Crippen molar-refractivity contribution in [2.75, 3.05) is 19.8 Å². The molecule has 0 aromatic carbocycles. The minimum atomic E-state index is -0.510. The van der Waals surface area contributed by atoms with Gasteiger partial charge in [-0.1, -0.05) is 0 Å². The van der Waals surface area contributed by atoms with Gasteiger partial charge in [0.25, 0.3) is 0 Å². The van der Waals surface area contributed by atoms with Crippen LogP contribution < -0.4 is 5.32 Å². The Hall–Kier alpha value is -0.810. The molecule has 1 aliphatic heterocycles. The van der Waals surface area contributed by atoms with E-state index in [0.29, 0.717) is 26.1 Å². The Kier molecular flexibility index (Phi) is 4.15. The first kappa shape index (κ1) is 13.3. The molecule has 2 N–H and O–H groups in total. The molecule has 1 unspecified atom stereocenters. The normalized spacial score (nSPS) is 25.5. The van der Waals surface area contributed by atoms with E-state index in [-0.39, 0.29) is 6.61 Å². The molecule has 1 amide bonds. The molecule has 5 nitrogen and oxygen atoms in total. The summed E-state index contributed by atoms with van der Waals surface area (Å²) in [6.07, 6.45) is 0.755. The van der Waals surface area contributed by atoms with Gasteiger partial charge in [-0.2, -0.15) is 0 Å². The monoisotopic (exact) mass is 231 g/mol. The van der Waals surface area contributed by atoms with Gasteiger partial charge in [0, 0.05) is 13.2 Å². The summed E-state index contributed by atoms with van der Waals surface area (Å²) < 4.78 is 10.4. The van der Waals surface area contributed by atoms with Crippen molar-refractivity contribution in [3.8, 4) is 0 Å². The first-order valence-electron chi connectivity index (χ1n) is 5.57. The number of carbonyl (C=O) groups is 1. The van der Waals surface area contributed by atoms with Crippen LogP contribution in [0.5, 0.6) is 0 Å². The van der Waals surface area contributed by atoms with Gasteiger partial charge in [-0.15, -0.1) is 0 Å². The number of carbonyl (C=O) groups excluding carboxylic acids is 1. The average Bonchev–Trinajstić information content (AvgIpc) is 2.49. The maximum atomic E-state index is 11.6. The number of amides is 1. The third-order valence-electron chi connectivity index (χ3n) is 2.46. The van der Waals surface area contributed by atoms with E-state index < -0.39 is 17.2 Å². The van der Waals surface area contributed by atoms with Crippen LogP contribution in [0.15, 0.2) is 0 Å². The number of hydrogen-bond acceptors (Lipinski definition) is 4. The van der Waals surface area contributed by atoms with Crippen molar-refractivity contribution in [2.24, 2.45) is 0 Å².